The zero-order chi connectivity index (χ0) is 40.7. The number of amides is 2. The predicted octanol–water partition coefficient (Wildman–Crippen LogP) is 6.73. The minimum absolute atomic E-state index is 0.285. The fourth-order valence-corrected chi connectivity index (χ4v) is 3.06. The van der Waals surface area contributed by atoms with E-state index < -0.39 is 122 Å². The molecule has 0 rings (SSSR count). The van der Waals surface area contributed by atoms with Crippen LogP contribution in [0, 0.1) is 0 Å². The Hall–Kier alpha value is -3.27. The minimum Gasteiger partial charge on any atom is -0.480 e. The Balaban J connectivity index is 5.79. The van der Waals surface area contributed by atoms with Gasteiger partial charge in [-0.25, -0.2) is 22.4 Å². The smallest absolute Gasteiger partial charge is 0.392 e. The molecule has 0 unspecified atom stereocenters. The Morgan fingerprint density at radius 2 is 0.800 bits per heavy atom. The van der Waals surface area contributed by atoms with Crippen LogP contribution in [0.4, 0.5) is 105 Å². The van der Waals surface area contributed by atoms with Gasteiger partial charge in [0.05, 0.1) is 0 Å². The van der Waals surface area contributed by atoms with E-state index in [0.717, 1.165) is 0 Å². The second-order valence-corrected chi connectivity index (χ2v) is 9.56. The highest BCUT2D eigenvalue weighted by Crippen LogP contribution is 2.59. The maximum absolute atomic E-state index is 13.9. The van der Waals surface area contributed by atoms with E-state index in [1.54, 1.807) is 0 Å². The van der Waals surface area contributed by atoms with E-state index in [1.165, 1.54) is 0 Å². The monoisotopic (exact) mass is 802 g/mol. The van der Waals surface area contributed by atoms with Gasteiger partial charge in [-0.3, -0.25) is 9.59 Å². The van der Waals surface area contributed by atoms with Gasteiger partial charge < -0.3 is 15.7 Å². The van der Waals surface area contributed by atoms with E-state index in [1.807, 2.05) is 0 Å². The van der Waals surface area contributed by atoms with E-state index in [0.29, 0.717) is 5.32 Å². The molecule has 50 heavy (non-hydrogen) atoms. The van der Waals surface area contributed by atoms with Crippen LogP contribution in [0.1, 0.15) is 19.3 Å². The van der Waals surface area contributed by atoms with Gasteiger partial charge in [0.15, 0.2) is 0 Å². The zero-order valence-corrected chi connectivity index (χ0v) is 22.8. The summed E-state index contributed by atoms with van der Waals surface area (Å²) in [4.78, 5) is 33.9. The minimum atomic E-state index is -8.21. The average Bonchev–Trinajstić information content (AvgIpc) is 2.94. The first-order chi connectivity index (χ1) is 21.7. The summed E-state index contributed by atoms with van der Waals surface area (Å²) in [5.74, 6) is -88.0. The van der Waals surface area contributed by atoms with Gasteiger partial charge in [-0.15, -0.1) is 0 Å². The highest BCUT2D eigenvalue weighted by Gasteiger charge is 2.90. The molecule has 0 aromatic carbocycles. The summed E-state index contributed by atoms with van der Waals surface area (Å²) in [5, 5.41) is 9.67. The number of carbonyl (C=O) groups excluding carboxylic acids is 2. The third-order valence-electron chi connectivity index (χ3n) is 6.13. The lowest BCUT2D eigenvalue weighted by atomic mass is 9.93. The average molecular weight is 802 g/mol. The largest absolute Gasteiger partial charge is 0.480 e. The molecule has 296 valence electrons. The number of nitrogens with one attached hydrogen (secondary N) is 2. The first-order valence-corrected chi connectivity index (χ1v) is 11.9. The number of rotatable bonds is 19. The summed E-state index contributed by atoms with van der Waals surface area (Å²) < 4.78 is 316. The summed E-state index contributed by atoms with van der Waals surface area (Å²) in [6, 6.07) is -3.10. The molecule has 0 saturated heterocycles. The van der Waals surface area contributed by atoms with E-state index in [4.69, 9.17) is 5.11 Å². The number of carbonyl (C=O) groups is 3. The summed E-state index contributed by atoms with van der Waals surface area (Å²) >= 11 is 0. The number of hydrogen-bond acceptors (Lipinski definition) is 3. The van der Waals surface area contributed by atoms with Crippen LogP contribution in [-0.2, 0) is 14.4 Å². The molecule has 0 saturated carbocycles. The van der Waals surface area contributed by atoms with Crippen LogP contribution < -0.4 is 10.6 Å². The van der Waals surface area contributed by atoms with Crippen LogP contribution >= 0.6 is 0 Å². The van der Waals surface area contributed by atoms with Crippen molar-refractivity contribution in [3.05, 3.63) is 0 Å². The standard InChI is InChI=1S/C20H14F24N2O4/c21-7(22)11(25,26)15(33,34)19(41,42)17(37,38)13(29,30)9(49)45-4-2-1-3-5(6(47)48)46-10(50)14(31,32)18(39,40)20(43,44)16(35,36)12(27,28)8(23)24/h5,7-8H,1-4H2,(H,45,49)(H,46,50)(H,47,48)/t5-/m0/s1. The number of hydrogen-bond donors (Lipinski definition) is 3. The molecular formula is C20H14F24N2O4. The number of aliphatic carboxylic acids is 1. The molecule has 0 radical (unpaired) electrons. The molecular weight excluding hydrogens is 788 g/mol. The van der Waals surface area contributed by atoms with Crippen LogP contribution in [0.25, 0.3) is 0 Å². The fourth-order valence-electron chi connectivity index (χ4n) is 3.06. The molecule has 0 spiro atoms. The Labute approximate surface area is 258 Å². The van der Waals surface area contributed by atoms with Gasteiger partial charge in [0.25, 0.3) is 11.8 Å². The molecule has 3 N–H and O–H groups in total. The summed E-state index contributed by atoms with van der Waals surface area (Å²) in [6.07, 6.45) is -15.7. The molecule has 0 aliphatic rings. The third kappa shape index (κ3) is 7.24. The van der Waals surface area contributed by atoms with E-state index in [2.05, 4.69) is 0 Å². The highest BCUT2D eigenvalue weighted by atomic mass is 19.4. The second kappa shape index (κ2) is 14.0. The molecule has 0 heterocycles. The van der Waals surface area contributed by atoms with Crippen molar-refractivity contribution >= 4 is 17.8 Å². The van der Waals surface area contributed by atoms with Crippen LogP contribution in [0.5, 0.6) is 0 Å². The van der Waals surface area contributed by atoms with Gasteiger partial charge >= 0.3 is 78.0 Å². The zero-order valence-electron chi connectivity index (χ0n) is 22.8. The number of unbranched alkanes of at least 4 members (excludes halogenated alkanes) is 1. The predicted molar refractivity (Wildman–Crippen MR) is 108 cm³/mol. The van der Waals surface area contributed by atoms with Gasteiger partial charge in [-0.05, 0) is 19.3 Å². The van der Waals surface area contributed by atoms with Crippen molar-refractivity contribution < 1.29 is 125 Å². The van der Waals surface area contributed by atoms with Gasteiger partial charge in [0.2, 0.25) is 0 Å². The molecule has 1 atom stereocenters. The third-order valence-corrected chi connectivity index (χ3v) is 6.13. The lowest BCUT2D eigenvalue weighted by Crippen LogP contribution is -2.71. The number of carboxylic acids is 1. The molecule has 0 bridgehead atoms. The van der Waals surface area contributed by atoms with Crippen LogP contribution in [-0.4, -0.2) is 108 Å². The van der Waals surface area contributed by atoms with Crippen molar-refractivity contribution in [1.82, 2.24) is 10.6 Å². The highest BCUT2D eigenvalue weighted by molar-refractivity contribution is 5.89. The molecule has 2 amide bonds. The molecule has 0 aliphatic heterocycles. The Kier molecular flexibility index (Phi) is 13.1. The lowest BCUT2D eigenvalue weighted by molar-refractivity contribution is -0.407. The first-order valence-electron chi connectivity index (χ1n) is 11.9. The summed E-state index contributed by atoms with van der Waals surface area (Å²) in [7, 11) is 0. The number of halogens is 24. The van der Waals surface area contributed by atoms with Gasteiger partial charge in [0.1, 0.15) is 6.04 Å². The van der Waals surface area contributed by atoms with Crippen molar-refractivity contribution in [2.75, 3.05) is 6.54 Å². The molecule has 6 nitrogen and oxygen atoms in total. The molecule has 30 heteroatoms. The van der Waals surface area contributed by atoms with Gasteiger partial charge in [0, 0.05) is 6.54 Å². The molecule has 0 aliphatic carbocycles. The fraction of sp³-hybridized carbons (Fsp3) is 0.850. The maximum atomic E-state index is 13.9. The van der Waals surface area contributed by atoms with Crippen LogP contribution in [0.15, 0.2) is 0 Å². The van der Waals surface area contributed by atoms with Crippen LogP contribution in [0.3, 0.4) is 0 Å². The van der Waals surface area contributed by atoms with Crippen LogP contribution in [0.2, 0.25) is 0 Å². The van der Waals surface area contributed by atoms with E-state index in [9.17, 15) is 120 Å². The molecule has 0 aromatic rings. The molecule has 0 fully saturated rings. The van der Waals surface area contributed by atoms with E-state index in [-0.39, 0.29) is 5.32 Å². The van der Waals surface area contributed by atoms with Gasteiger partial charge in [-0.2, -0.15) is 87.8 Å². The number of carboxylic acid groups (broad SMARTS) is 1. The Bertz CT molecular complexity index is 1240. The van der Waals surface area contributed by atoms with Crippen molar-refractivity contribution in [1.29, 1.82) is 0 Å². The van der Waals surface area contributed by atoms with Crippen molar-refractivity contribution in [3.8, 4) is 0 Å². The number of alkyl halides is 24. The summed E-state index contributed by atoms with van der Waals surface area (Å²) in [5.41, 5.74) is 0. The van der Waals surface area contributed by atoms with Crippen molar-refractivity contribution in [2.45, 2.75) is 97.4 Å². The second-order valence-electron chi connectivity index (χ2n) is 9.56. The SMILES string of the molecule is O=C(O)[C@H](CCCCNC(=O)C(F)(F)C(F)(F)C(F)(F)C(F)(F)C(F)(F)C(F)F)NC(=O)C(F)(F)C(F)(F)C(F)(F)C(F)(F)C(F)(F)C(F)F. The van der Waals surface area contributed by atoms with Gasteiger partial charge in [-0.1, -0.05) is 0 Å². The summed E-state index contributed by atoms with van der Waals surface area (Å²) in [6.45, 7) is -1.65. The quantitative estimate of drug-likeness (QED) is 0.0999. The topological polar surface area (TPSA) is 95.5 Å². The Morgan fingerprint density at radius 1 is 0.480 bits per heavy atom. The van der Waals surface area contributed by atoms with Crippen molar-refractivity contribution in [2.24, 2.45) is 0 Å². The van der Waals surface area contributed by atoms with E-state index >= 15 is 0 Å². The maximum Gasteiger partial charge on any atom is 0.392 e. The first kappa shape index (κ1) is 46.7. The normalized spacial score (nSPS) is 15.7. The molecule has 0 aromatic heterocycles. The van der Waals surface area contributed by atoms with Crippen molar-refractivity contribution in [3.63, 3.8) is 0 Å². The Morgan fingerprint density at radius 3 is 1.10 bits per heavy atom. The lowest BCUT2D eigenvalue weighted by Gasteiger charge is -2.38.